The summed E-state index contributed by atoms with van der Waals surface area (Å²) in [6.45, 7) is 4.02. The van der Waals surface area contributed by atoms with E-state index < -0.39 is 17.4 Å². The number of pyridine rings is 1. The Kier molecular flexibility index (Phi) is 7.03. The van der Waals surface area contributed by atoms with Gasteiger partial charge in [0, 0.05) is 45.0 Å². The highest BCUT2D eigenvalue weighted by Gasteiger charge is 2.35. The molecule has 6 rings (SSSR count). The highest BCUT2D eigenvalue weighted by molar-refractivity contribution is 5.58. The van der Waals surface area contributed by atoms with Crippen LogP contribution < -0.4 is 5.69 Å². The second-order valence-electron chi connectivity index (χ2n) is 11.2. The Morgan fingerprint density at radius 1 is 1.18 bits per heavy atom. The SMILES string of the molecule is C[C@@H]1CN(Cc2cc(C(F)(F)F)c3cn(-c4cccc([C@H](CC5CCC5)c5nncn5C)c4)c(=O)n3c2)CCO1. The van der Waals surface area contributed by atoms with E-state index in [-0.39, 0.29) is 17.5 Å². The van der Waals surface area contributed by atoms with Crippen LogP contribution in [0.15, 0.2) is 53.8 Å². The van der Waals surface area contributed by atoms with Crippen molar-refractivity contribution < 1.29 is 17.9 Å². The van der Waals surface area contributed by atoms with Gasteiger partial charge in [-0.2, -0.15) is 13.2 Å². The fourth-order valence-corrected chi connectivity index (χ4v) is 5.99. The molecule has 40 heavy (non-hydrogen) atoms. The minimum atomic E-state index is -4.61. The summed E-state index contributed by atoms with van der Waals surface area (Å²) in [5.74, 6) is 1.39. The first-order chi connectivity index (χ1) is 19.2. The average molecular weight is 555 g/mol. The molecule has 8 nitrogen and oxygen atoms in total. The molecule has 2 atom stereocenters. The van der Waals surface area contributed by atoms with Gasteiger partial charge in [-0.15, -0.1) is 10.2 Å². The highest BCUT2D eigenvalue weighted by Crippen LogP contribution is 2.39. The second-order valence-corrected chi connectivity index (χ2v) is 11.2. The van der Waals surface area contributed by atoms with Crippen molar-refractivity contribution in [3.05, 3.63) is 82.1 Å². The van der Waals surface area contributed by atoms with Crippen molar-refractivity contribution in [2.24, 2.45) is 13.0 Å². The zero-order valence-corrected chi connectivity index (χ0v) is 22.6. The Balaban J connectivity index is 1.40. The number of aryl methyl sites for hydroxylation is 1. The van der Waals surface area contributed by atoms with Crippen LogP contribution in [-0.2, 0) is 24.5 Å². The number of hydrogen-bond donors (Lipinski definition) is 0. The number of morpholine rings is 1. The van der Waals surface area contributed by atoms with Crippen molar-refractivity contribution in [3.8, 4) is 5.69 Å². The van der Waals surface area contributed by atoms with Gasteiger partial charge in [0.05, 0.1) is 29.5 Å². The Hall–Kier alpha value is -3.44. The van der Waals surface area contributed by atoms with E-state index in [2.05, 4.69) is 15.1 Å². The standard InChI is InChI=1S/C29H33F3N6O2/c1-19-14-36(9-10-40-19)15-21-12-25(29(30,31)32)26-17-37(28(39)38(26)16-21)23-8-4-7-22(13-23)24(11-20-5-3-6-20)27-34-33-18-35(27)2/h4,7-8,12-13,16-20,24H,3,5-6,9-11,14-15H2,1-2H3/t19-,24+/m1/s1. The van der Waals surface area contributed by atoms with Crippen LogP contribution >= 0.6 is 0 Å². The lowest BCUT2D eigenvalue weighted by Crippen LogP contribution is -2.40. The summed E-state index contributed by atoms with van der Waals surface area (Å²) in [6.07, 6.45) is 4.37. The maximum Gasteiger partial charge on any atom is 0.418 e. The van der Waals surface area contributed by atoms with Crippen molar-refractivity contribution in [1.29, 1.82) is 0 Å². The van der Waals surface area contributed by atoms with Crippen molar-refractivity contribution in [2.75, 3.05) is 19.7 Å². The molecule has 3 aromatic heterocycles. The molecule has 1 saturated carbocycles. The molecule has 4 heterocycles. The van der Waals surface area contributed by atoms with Gasteiger partial charge in [-0.3, -0.25) is 13.9 Å². The van der Waals surface area contributed by atoms with E-state index in [1.165, 1.54) is 42.3 Å². The predicted molar refractivity (Wildman–Crippen MR) is 143 cm³/mol. The topological polar surface area (TPSA) is 69.6 Å². The van der Waals surface area contributed by atoms with Crippen LogP contribution in [0.25, 0.3) is 11.2 Å². The van der Waals surface area contributed by atoms with Crippen molar-refractivity contribution in [3.63, 3.8) is 0 Å². The number of ether oxygens (including phenoxy) is 1. The van der Waals surface area contributed by atoms with Crippen LogP contribution in [0.1, 0.15) is 61.0 Å². The fraction of sp³-hybridized carbons (Fsp3) is 0.483. The number of alkyl halides is 3. The lowest BCUT2D eigenvalue weighted by Gasteiger charge is -2.31. The number of nitrogens with zero attached hydrogens (tertiary/aromatic N) is 6. The number of rotatable bonds is 7. The number of imidazole rings is 1. The van der Waals surface area contributed by atoms with E-state index >= 15 is 0 Å². The third-order valence-corrected chi connectivity index (χ3v) is 8.26. The van der Waals surface area contributed by atoms with Gasteiger partial charge in [-0.05, 0) is 48.6 Å². The molecule has 0 unspecified atom stereocenters. The number of hydrogen-bond acceptors (Lipinski definition) is 5. The normalized spacial score (nSPS) is 19.7. The van der Waals surface area contributed by atoms with Crippen LogP contribution in [0.2, 0.25) is 0 Å². The van der Waals surface area contributed by atoms with Crippen LogP contribution in [-0.4, -0.2) is 54.4 Å². The smallest absolute Gasteiger partial charge is 0.376 e. The van der Waals surface area contributed by atoms with Gasteiger partial charge in [0.2, 0.25) is 0 Å². The molecule has 0 spiro atoms. The largest absolute Gasteiger partial charge is 0.418 e. The monoisotopic (exact) mass is 554 g/mol. The molecular weight excluding hydrogens is 521 g/mol. The molecule has 1 saturated heterocycles. The molecular formula is C29H33F3N6O2. The highest BCUT2D eigenvalue weighted by atomic mass is 19.4. The Morgan fingerprint density at radius 2 is 2.00 bits per heavy atom. The first-order valence-corrected chi connectivity index (χ1v) is 13.8. The number of aromatic nitrogens is 5. The predicted octanol–water partition coefficient (Wildman–Crippen LogP) is 4.78. The number of halogens is 3. The molecule has 4 aromatic rings. The summed E-state index contributed by atoms with van der Waals surface area (Å²) in [5.41, 5.74) is 0.389. The minimum Gasteiger partial charge on any atom is -0.376 e. The molecule has 0 amide bonds. The zero-order valence-electron chi connectivity index (χ0n) is 22.6. The summed E-state index contributed by atoms with van der Waals surface area (Å²) in [6, 6.07) is 8.65. The first-order valence-electron chi connectivity index (χ1n) is 13.8. The van der Waals surface area contributed by atoms with Gasteiger partial charge < -0.3 is 9.30 Å². The third kappa shape index (κ3) is 5.19. The van der Waals surface area contributed by atoms with E-state index in [1.54, 1.807) is 12.4 Å². The maximum absolute atomic E-state index is 14.2. The lowest BCUT2D eigenvalue weighted by molar-refractivity contribution is -0.136. The zero-order chi connectivity index (χ0) is 28.0. The minimum absolute atomic E-state index is 0.00492. The molecule has 212 valence electrons. The van der Waals surface area contributed by atoms with Gasteiger partial charge >= 0.3 is 11.9 Å². The quantitative estimate of drug-likeness (QED) is 0.329. The fourth-order valence-electron chi connectivity index (χ4n) is 5.99. The molecule has 0 bridgehead atoms. The molecule has 0 radical (unpaired) electrons. The molecule has 11 heteroatoms. The van der Waals surface area contributed by atoms with E-state index in [4.69, 9.17) is 4.74 Å². The molecule has 1 aromatic carbocycles. The number of benzene rings is 1. The molecule has 1 aliphatic heterocycles. The summed E-state index contributed by atoms with van der Waals surface area (Å²) in [4.78, 5) is 15.7. The molecule has 2 aliphatic rings. The van der Waals surface area contributed by atoms with E-state index in [0.29, 0.717) is 43.4 Å². The summed E-state index contributed by atoms with van der Waals surface area (Å²) in [7, 11) is 1.91. The summed E-state index contributed by atoms with van der Waals surface area (Å²) < 4.78 is 52.6. The van der Waals surface area contributed by atoms with Crippen LogP contribution in [0, 0.1) is 5.92 Å². The Bertz CT molecular complexity index is 1570. The van der Waals surface area contributed by atoms with Crippen molar-refractivity contribution >= 4 is 5.52 Å². The maximum atomic E-state index is 14.2. The molecule has 1 aliphatic carbocycles. The molecule has 2 fully saturated rings. The summed E-state index contributed by atoms with van der Waals surface area (Å²) >= 11 is 0. The van der Waals surface area contributed by atoms with Gasteiger partial charge in [0.25, 0.3) is 0 Å². The Labute approximate surface area is 230 Å². The van der Waals surface area contributed by atoms with Gasteiger partial charge in [0.15, 0.2) is 0 Å². The first kappa shape index (κ1) is 26.8. The van der Waals surface area contributed by atoms with E-state index in [0.717, 1.165) is 22.2 Å². The summed E-state index contributed by atoms with van der Waals surface area (Å²) in [5, 5.41) is 8.43. The van der Waals surface area contributed by atoms with Crippen LogP contribution in [0.5, 0.6) is 0 Å². The van der Waals surface area contributed by atoms with Crippen LogP contribution in [0.3, 0.4) is 0 Å². The second kappa shape index (κ2) is 10.5. The van der Waals surface area contributed by atoms with Crippen molar-refractivity contribution in [1.82, 2.24) is 28.6 Å². The third-order valence-electron chi connectivity index (χ3n) is 8.26. The molecule has 0 N–H and O–H groups in total. The Morgan fingerprint density at radius 3 is 2.67 bits per heavy atom. The van der Waals surface area contributed by atoms with Crippen molar-refractivity contribution in [2.45, 2.75) is 57.3 Å². The lowest BCUT2D eigenvalue weighted by atomic mass is 9.77. The van der Waals surface area contributed by atoms with E-state index in [9.17, 15) is 18.0 Å². The average Bonchev–Trinajstić information content (AvgIpc) is 3.45. The van der Waals surface area contributed by atoms with Gasteiger partial charge in [-0.1, -0.05) is 31.4 Å². The van der Waals surface area contributed by atoms with Gasteiger partial charge in [-0.25, -0.2) is 4.79 Å². The van der Waals surface area contributed by atoms with E-state index in [1.807, 2.05) is 36.7 Å². The number of fused-ring (bicyclic) bond motifs is 1. The van der Waals surface area contributed by atoms with Crippen LogP contribution in [0.4, 0.5) is 13.2 Å². The van der Waals surface area contributed by atoms with Gasteiger partial charge in [0.1, 0.15) is 12.2 Å².